The van der Waals surface area contributed by atoms with Crippen molar-refractivity contribution in [3.05, 3.63) is 34.9 Å². The highest BCUT2D eigenvalue weighted by Gasteiger charge is 2.10. The first-order valence-electron chi connectivity index (χ1n) is 6.19. The maximum Gasteiger partial charge on any atom is 0.251 e. The third-order valence-corrected chi connectivity index (χ3v) is 2.57. The summed E-state index contributed by atoms with van der Waals surface area (Å²) in [6, 6.07) is 5.21. The predicted octanol–water partition coefficient (Wildman–Crippen LogP) is 0.530. The second-order valence-electron chi connectivity index (χ2n) is 4.71. The van der Waals surface area contributed by atoms with Gasteiger partial charge in [0.1, 0.15) is 0 Å². The molecule has 1 unspecified atom stereocenters. The van der Waals surface area contributed by atoms with Crippen LogP contribution >= 0.6 is 0 Å². The van der Waals surface area contributed by atoms with Gasteiger partial charge in [-0.1, -0.05) is 17.2 Å². The summed E-state index contributed by atoms with van der Waals surface area (Å²) in [6.45, 7) is 5.29. The molecule has 1 aromatic carbocycles. The molecule has 5 nitrogen and oxygen atoms in total. The fourth-order valence-electron chi connectivity index (χ4n) is 1.74. The number of aryl methyl sites for hydroxylation is 2. The second kappa shape index (κ2) is 6.89. The summed E-state index contributed by atoms with van der Waals surface area (Å²) < 4.78 is 0. The Balaban J connectivity index is 2.53. The monoisotopic (exact) mass is 264 g/mol. The van der Waals surface area contributed by atoms with Crippen LogP contribution in [0.15, 0.2) is 18.2 Å². The minimum Gasteiger partial charge on any atom is -0.394 e. The quantitative estimate of drug-likeness (QED) is 0.726. The number of carbonyl (C=O) groups is 2. The molecular formula is C14H20N2O3. The van der Waals surface area contributed by atoms with E-state index in [0.717, 1.165) is 11.1 Å². The van der Waals surface area contributed by atoms with Gasteiger partial charge in [0, 0.05) is 11.6 Å². The molecule has 1 atom stereocenters. The van der Waals surface area contributed by atoms with E-state index in [9.17, 15) is 9.59 Å². The first kappa shape index (κ1) is 15.2. The van der Waals surface area contributed by atoms with Gasteiger partial charge in [0.25, 0.3) is 5.91 Å². The molecule has 1 aromatic rings. The maximum absolute atomic E-state index is 11.9. The topological polar surface area (TPSA) is 78.4 Å². The minimum atomic E-state index is -0.320. The van der Waals surface area contributed by atoms with Crippen LogP contribution in [0.1, 0.15) is 28.4 Å². The van der Waals surface area contributed by atoms with E-state index < -0.39 is 0 Å². The van der Waals surface area contributed by atoms with Crippen molar-refractivity contribution in [1.29, 1.82) is 0 Å². The van der Waals surface area contributed by atoms with Crippen molar-refractivity contribution in [2.75, 3.05) is 13.2 Å². The summed E-state index contributed by atoms with van der Waals surface area (Å²) in [5, 5.41) is 13.9. The van der Waals surface area contributed by atoms with Gasteiger partial charge in [0.15, 0.2) is 0 Å². The van der Waals surface area contributed by atoms with E-state index in [2.05, 4.69) is 10.6 Å². The number of rotatable bonds is 5. The highest BCUT2D eigenvalue weighted by molar-refractivity contribution is 5.96. The van der Waals surface area contributed by atoms with Crippen LogP contribution in [0.25, 0.3) is 0 Å². The molecule has 19 heavy (non-hydrogen) atoms. The van der Waals surface area contributed by atoms with E-state index in [0.29, 0.717) is 5.56 Å². The van der Waals surface area contributed by atoms with E-state index in [1.54, 1.807) is 19.1 Å². The second-order valence-corrected chi connectivity index (χ2v) is 4.71. The molecule has 2 amide bonds. The smallest absolute Gasteiger partial charge is 0.251 e. The first-order valence-corrected chi connectivity index (χ1v) is 6.19. The lowest BCUT2D eigenvalue weighted by Gasteiger charge is -2.11. The van der Waals surface area contributed by atoms with Crippen LogP contribution in [0.4, 0.5) is 0 Å². The molecule has 104 valence electrons. The number of benzene rings is 1. The standard InChI is InChI=1S/C14H20N2O3/c1-9-4-10(2)6-12(5-9)14(19)15-7-13(18)16-11(3)8-17/h4-6,11,17H,7-8H2,1-3H3,(H,15,19)(H,16,18). The van der Waals surface area contributed by atoms with E-state index in [4.69, 9.17) is 5.11 Å². The van der Waals surface area contributed by atoms with Crippen molar-refractivity contribution in [2.24, 2.45) is 0 Å². The molecule has 0 saturated heterocycles. The summed E-state index contributed by atoms with van der Waals surface area (Å²) in [4.78, 5) is 23.3. The third kappa shape index (κ3) is 5.09. The Morgan fingerprint density at radius 1 is 1.21 bits per heavy atom. The largest absolute Gasteiger partial charge is 0.394 e. The summed E-state index contributed by atoms with van der Waals surface area (Å²) in [5.41, 5.74) is 2.55. The summed E-state index contributed by atoms with van der Waals surface area (Å²) in [5.74, 6) is -0.599. The number of hydrogen-bond donors (Lipinski definition) is 3. The van der Waals surface area contributed by atoms with Crippen molar-refractivity contribution in [1.82, 2.24) is 10.6 Å². The van der Waals surface area contributed by atoms with Crippen LogP contribution in [0, 0.1) is 13.8 Å². The summed E-state index contributed by atoms with van der Waals surface area (Å²) in [7, 11) is 0. The van der Waals surface area contributed by atoms with Gasteiger partial charge in [-0.05, 0) is 32.9 Å². The molecule has 0 aliphatic rings. The Morgan fingerprint density at radius 2 is 1.79 bits per heavy atom. The number of amides is 2. The predicted molar refractivity (Wildman–Crippen MR) is 72.9 cm³/mol. The van der Waals surface area contributed by atoms with Gasteiger partial charge < -0.3 is 15.7 Å². The molecule has 0 spiro atoms. The number of carbonyl (C=O) groups excluding carboxylic acids is 2. The zero-order valence-corrected chi connectivity index (χ0v) is 11.5. The van der Waals surface area contributed by atoms with Gasteiger partial charge in [0.2, 0.25) is 5.91 Å². The normalized spacial score (nSPS) is 11.8. The molecule has 0 fully saturated rings. The first-order chi connectivity index (χ1) is 8.92. The van der Waals surface area contributed by atoms with Gasteiger partial charge >= 0.3 is 0 Å². The Labute approximate surface area is 113 Å². The van der Waals surface area contributed by atoms with E-state index in [1.807, 2.05) is 19.9 Å². The number of nitrogens with one attached hydrogen (secondary N) is 2. The summed E-state index contributed by atoms with van der Waals surface area (Å²) >= 11 is 0. The lowest BCUT2D eigenvalue weighted by molar-refractivity contribution is -0.121. The summed E-state index contributed by atoms with van der Waals surface area (Å²) in [6.07, 6.45) is 0. The molecule has 0 aliphatic carbocycles. The van der Waals surface area contributed by atoms with Crippen molar-refractivity contribution >= 4 is 11.8 Å². The van der Waals surface area contributed by atoms with E-state index >= 15 is 0 Å². The van der Waals surface area contributed by atoms with Gasteiger partial charge in [-0.3, -0.25) is 9.59 Å². The van der Waals surface area contributed by atoms with Gasteiger partial charge in [-0.2, -0.15) is 0 Å². The minimum absolute atomic E-state index is 0.101. The van der Waals surface area contributed by atoms with Crippen LogP contribution in [-0.2, 0) is 4.79 Å². The molecule has 1 rings (SSSR count). The van der Waals surface area contributed by atoms with Crippen LogP contribution in [0.2, 0.25) is 0 Å². The third-order valence-electron chi connectivity index (χ3n) is 2.57. The Hall–Kier alpha value is -1.88. The van der Waals surface area contributed by atoms with Crippen LogP contribution in [0.5, 0.6) is 0 Å². The number of aliphatic hydroxyl groups excluding tert-OH is 1. The van der Waals surface area contributed by atoms with Crippen molar-refractivity contribution in [3.8, 4) is 0 Å². The Bertz CT molecular complexity index is 452. The average Bonchev–Trinajstić information content (AvgIpc) is 2.34. The molecule has 0 radical (unpaired) electrons. The SMILES string of the molecule is Cc1cc(C)cc(C(=O)NCC(=O)NC(C)CO)c1. The van der Waals surface area contributed by atoms with Crippen molar-refractivity contribution in [3.63, 3.8) is 0 Å². The Morgan fingerprint density at radius 3 is 2.32 bits per heavy atom. The van der Waals surface area contributed by atoms with Crippen LogP contribution in [-0.4, -0.2) is 36.1 Å². The molecular weight excluding hydrogens is 244 g/mol. The molecule has 0 bridgehead atoms. The molecule has 0 aliphatic heterocycles. The molecule has 0 heterocycles. The Kier molecular flexibility index (Phi) is 5.51. The number of aliphatic hydroxyl groups is 1. The zero-order valence-electron chi connectivity index (χ0n) is 11.5. The maximum atomic E-state index is 11.9. The highest BCUT2D eigenvalue weighted by atomic mass is 16.3. The van der Waals surface area contributed by atoms with Crippen LogP contribution in [0.3, 0.4) is 0 Å². The van der Waals surface area contributed by atoms with Crippen molar-refractivity contribution < 1.29 is 14.7 Å². The lowest BCUT2D eigenvalue weighted by Crippen LogP contribution is -2.42. The highest BCUT2D eigenvalue weighted by Crippen LogP contribution is 2.08. The van der Waals surface area contributed by atoms with Gasteiger partial charge in [-0.15, -0.1) is 0 Å². The fourth-order valence-corrected chi connectivity index (χ4v) is 1.74. The molecule has 0 aromatic heterocycles. The van der Waals surface area contributed by atoms with Crippen LogP contribution < -0.4 is 10.6 Å². The van der Waals surface area contributed by atoms with Gasteiger partial charge in [0.05, 0.1) is 13.2 Å². The van der Waals surface area contributed by atoms with E-state index in [-0.39, 0.29) is 31.0 Å². The number of hydrogen-bond acceptors (Lipinski definition) is 3. The fraction of sp³-hybridized carbons (Fsp3) is 0.429. The van der Waals surface area contributed by atoms with E-state index in [1.165, 1.54) is 0 Å². The van der Waals surface area contributed by atoms with Crippen molar-refractivity contribution in [2.45, 2.75) is 26.8 Å². The zero-order chi connectivity index (χ0) is 14.4. The van der Waals surface area contributed by atoms with Gasteiger partial charge in [-0.25, -0.2) is 0 Å². The molecule has 3 N–H and O–H groups in total. The average molecular weight is 264 g/mol. The molecule has 5 heteroatoms. The lowest BCUT2D eigenvalue weighted by atomic mass is 10.1. The molecule has 0 saturated carbocycles.